The van der Waals surface area contributed by atoms with E-state index in [1.54, 1.807) is 17.7 Å². The van der Waals surface area contributed by atoms with Crippen LogP contribution in [0, 0.1) is 6.92 Å². The smallest absolute Gasteiger partial charge is 0.222 e. The van der Waals surface area contributed by atoms with Gasteiger partial charge in [-0.2, -0.15) is 0 Å². The van der Waals surface area contributed by atoms with E-state index in [-0.39, 0.29) is 12.5 Å². The summed E-state index contributed by atoms with van der Waals surface area (Å²) < 4.78 is 0. The van der Waals surface area contributed by atoms with Crippen molar-refractivity contribution >= 4 is 33.3 Å². The van der Waals surface area contributed by atoms with Crippen molar-refractivity contribution in [3.63, 3.8) is 0 Å². The molecular formula is C23H29N5O2S. The van der Waals surface area contributed by atoms with Crippen molar-refractivity contribution in [2.75, 3.05) is 51.2 Å². The number of anilines is 1. The Balaban J connectivity index is 1.36. The molecule has 4 rings (SSSR count). The summed E-state index contributed by atoms with van der Waals surface area (Å²) in [5.41, 5.74) is 2.35. The molecule has 31 heavy (non-hydrogen) atoms. The molecule has 0 spiro atoms. The summed E-state index contributed by atoms with van der Waals surface area (Å²) >= 11 is 1.68. The SMILES string of the molecule is Cc1sc2ncnc(NCCCC(=O)N3CCN(CCO)CC3)c2c1-c1ccccc1. The number of fused-ring (bicyclic) bond motifs is 1. The van der Waals surface area contributed by atoms with Gasteiger partial charge in [-0.05, 0) is 18.9 Å². The van der Waals surface area contributed by atoms with Gasteiger partial charge < -0.3 is 15.3 Å². The number of nitrogens with one attached hydrogen (secondary N) is 1. The number of amides is 1. The van der Waals surface area contributed by atoms with E-state index >= 15 is 0 Å². The van der Waals surface area contributed by atoms with Gasteiger partial charge in [0, 0.05) is 56.1 Å². The Labute approximate surface area is 186 Å². The molecule has 3 heterocycles. The van der Waals surface area contributed by atoms with Crippen molar-refractivity contribution in [1.82, 2.24) is 19.8 Å². The highest BCUT2D eigenvalue weighted by molar-refractivity contribution is 7.19. The third-order valence-electron chi connectivity index (χ3n) is 5.73. The van der Waals surface area contributed by atoms with Crippen molar-refractivity contribution in [2.45, 2.75) is 19.8 Å². The second kappa shape index (κ2) is 10.2. The van der Waals surface area contributed by atoms with Gasteiger partial charge >= 0.3 is 0 Å². The lowest BCUT2D eigenvalue weighted by Gasteiger charge is -2.34. The van der Waals surface area contributed by atoms with Crippen LogP contribution in [-0.4, -0.2) is 76.7 Å². The van der Waals surface area contributed by atoms with Gasteiger partial charge in [0.15, 0.2) is 0 Å². The molecule has 1 fully saturated rings. The molecule has 1 amide bonds. The molecule has 3 aromatic rings. The van der Waals surface area contributed by atoms with Crippen LogP contribution >= 0.6 is 11.3 Å². The molecule has 1 aliphatic heterocycles. The minimum atomic E-state index is 0.172. The highest BCUT2D eigenvalue weighted by Crippen LogP contribution is 2.40. The van der Waals surface area contributed by atoms with Crippen LogP contribution in [0.3, 0.4) is 0 Å². The van der Waals surface area contributed by atoms with Gasteiger partial charge in [0.1, 0.15) is 17.0 Å². The number of piperazine rings is 1. The molecule has 0 atom stereocenters. The van der Waals surface area contributed by atoms with Crippen molar-refractivity contribution in [3.8, 4) is 11.1 Å². The molecule has 0 unspecified atom stereocenters. The van der Waals surface area contributed by atoms with Gasteiger partial charge in [0.05, 0.1) is 12.0 Å². The highest BCUT2D eigenvalue weighted by Gasteiger charge is 2.20. The molecule has 0 radical (unpaired) electrons. The van der Waals surface area contributed by atoms with Crippen LogP contribution < -0.4 is 5.32 Å². The first-order chi connectivity index (χ1) is 15.2. The maximum Gasteiger partial charge on any atom is 0.222 e. The molecule has 8 heteroatoms. The average Bonchev–Trinajstić information content (AvgIpc) is 3.14. The number of benzene rings is 1. The Hall–Kier alpha value is -2.55. The molecular weight excluding hydrogens is 410 g/mol. The topological polar surface area (TPSA) is 81.6 Å². The van der Waals surface area contributed by atoms with Crippen LogP contribution in [0.2, 0.25) is 0 Å². The number of thiophene rings is 1. The second-order valence-corrected chi connectivity index (χ2v) is 8.98. The summed E-state index contributed by atoms with van der Waals surface area (Å²) in [5, 5.41) is 13.5. The third-order valence-corrected chi connectivity index (χ3v) is 6.74. The number of rotatable bonds is 8. The Morgan fingerprint density at radius 2 is 1.94 bits per heavy atom. The minimum Gasteiger partial charge on any atom is -0.395 e. The molecule has 164 valence electrons. The molecule has 2 aromatic heterocycles. The summed E-state index contributed by atoms with van der Waals surface area (Å²) in [4.78, 5) is 27.8. The van der Waals surface area contributed by atoms with Gasteiger partial charge in [-0.25, -0.2) is 9.97 Å². The fourth-order valence-electron chi connectivity index (χ4n) is 4.10. The predicted octanol–water partition coefficient (Wildman–Crippen LogP) is 3.00. The van der Waals surface area contributed by atoms with Crippen LogP contribution in [0.5, 0.6) is 0 Å². The quantitative estimate of drug-likeness (QED) is 0.525. The van der Waals surface area contributed by atoms with Gasteiger partial charge in [-0.3, -0.25) is 9.69 Å². The number of carbonyl (C=O) groups is 1. The number of aromatic nitrogens is 2. The lowest BCUT2D eigenvalue weighted by Crippen LogP contribution is -2.49. The third kappa shape index (κ3) is 5.03. The fourth-order valence-corrected chi connectivity index (χ4v) is 5.11. The average molecular weight is 440 g/mol. The van der Waals surface area contributed by atoms with Crippen molar-refractivity contribution in [3.05, 3.63) is 41.5 Å². The van der Waals surface area contributed by atoms with Gasteiger partial charge in [0.25, 0.3) is 0 Å². The van der Waals surface area contributed by atoms with Crippen molar-refractivity contribution in [1.29, 1.82) is 0 Å². The van der Waals surface area contributed by atoms with E-state index in [1.807, 2.05) is 23.1 Å². The first kappa shape index (κ1) is 21.7. The summed E-state index contributed by atoms with van der Waals surface area (Å²) in [6, 6.07) is 10.3. The summed E-state index contributed by atoms with van der Waals surface area (Å²) in [5.74, 6) is 1.04. The number of hydrogen-bond donors (Lipinski definition) is 2. The first-order valence-electron chi connectivity index (χ1n) is 10.8. The predicted molar refractivity (Wildman–Crippen MR) is 125 cm³/mol. The van der Waals surface area contributed by atoms with E-state index in [1.165, 1.54) is 16.0 Å². The number of nitrogens with zero attached hydrogens (tertiary/aromatic N) is 4. The lowest BCUT2D eigenvalue weighted by molar-refractivity contribution is -0.133. The van der Waals surface area contributed by atoms with Crippen molar-refractivity contribution in [2.24, 2.45) is 0 Å². The van der Waals surface area contributed by atoms with E-state index in [2.05, 4.69) is 39.2 Å². The number of carbonyl (C=O) groups excluding carboxylic acids is 1. The standard InChI is InChI=1S/C23H29N5O2S/c1-17-20(18-6-3-2-4-7-18)21-22(25-16-26-23(21)31-17)24-9-5-8-19(30)28-12-10-27(11-13-28)14-15-29/h2-4,6-7,16,29H,5,8-15H2,1H3,(H,24,25,26). The first-order valence-corrected chi connectivity index (χ1v) is 11.6. The van der Waals surface area contributed by atoms with Gasteiger partial charge in [0.2, 0.25) is 5.91 Å². The Kier molecular flexibility index (Phi) is 7.11. The molecule has 0 aliphatic carbocycles. The van der Waals surface area contributed by atoms with E-state index in [9.17, 15) is 4.79 Å². The Morgan fingerprint density at radius 3 is 2.68 bits per heavy atom. The minimum absolute atomic E-state index is 0.172. The second-order valence-electron chi connectivity index (χ2n) is 7.78. The van der Waals surface area contributed by atoms with E-state index in [4.69, 9.17) is 5.11 Å². The lowest BCUT2D eigenvalue weighted by atomic mass is 10.0. The maximum atomic E-state index is 12.5. The normalized spacial score (nSPS) is 14.8. The summed E-state index contributed by atoms with van der Waals surface area (Å²) in [7, 11) is 0. The van der Waals surface area contributed by atoms with E-state index in [0.29, 0.717) is 19.5 Å². The van der Waals surface area contributed by atoms with Crippen molar-refractivity contribution < 1.29 is 9.90 Å². The largest absolute Gasteiger partial charge is 0.395 e. The number of aliphatic hydroxyl groups excluding tert-OH is 1. The molecule has 0 saturated carbocycles. The highest BCUT2D eigenvalue weighted by atomic mass is 32.1. The number of β-amino-alcohol motifs (C(OH)–C–C–N with tert-alkyl or cyclic N) is 1. The molecule has 1 aromatic carbocycles. The number of hydrogen-bond acceptors (Lipinski definition) is 7. The van der Waals surface area contributed by atoms with Crippen LogP contribution in [-0.2, 0) is 4.79 Å². The van der Waals surface area contributed by atoms with Crippen LogP contribution in [0.15, 0.2) is 36.7 Å². The molecule has 7 nitrogen and oxygen atoms in total. The molecule has 2 N–H and O–H groups in total. The monoisotopic (exact) mass is 439 g/mol. The van der Waals surface area contributed by atoms with Gasteiger partial charge in [-0.15, -0.1) is 11.3 Å². The zero-order valence-electron chi connectivity index (χ0n) is 17.9. The fraction of sp³-hybridized carbons (Fsp3) is 0.435. The maximum absolute atomic E-state index is 12.5. The van der Waals surface area contributed by atoms with Crippen LogP contribution in [0.25, 0.3) is 21.3 Å². The van der Waals surface area contributed by atoms with Crippen LogP contribution in [0.1, 0.15) is 17.7 Å². The zero-order valence-corrected chi connectivity index (χ0v) is 18.7. The summed E-state index contributed by atoms with van der Waals surface area (Å²) in [6.45, 7) is 6.83. The molecule has 1 saturated heterocycles. The molecule has 1 aliphatic rings. The Bertz CT molecular complexity index is 1020. The van der Waals surface area contributed by atoms with Crippen LogP contribution in [0.4, 0.5) is 5.82 Å². The van der Waals surface area contributed by atoms with Gasteiger partial charge in [-0.1, -0.05) is 30.3 Å². The number of aryl methyl sites for hydroxylation is 1. The Morgan fingerprint density at radius 1 is 1.16 bits per heavy atom. The van der Waals surface area contributed by atoms with E-state index in [0.717, 1.165) is 48.6 Å². The zero-order chi connectivity index (χ0) is 21.6. The van der Waals surface area contributed by atoms with E-state index < -0.39 is 0 Å². The number of aliphatic hydroxyl groups is 1. The molecule has 0 bridgehead atoms. The summed E-state index contributed by atoms with van der Waals surface area (Å²) in [6.07, 6.45) is 2.88.